The number of aromatic nitrogens is 1. The zero-order chi connectivity index (χ0) is 36.0. The van der Waals surface area contributed by atoms with E-state index in [4.69, 9.17) is 22.7 Å². The summed E-state index contributed by atoms with van der Waals surface area (Å²) in [5, 5.41) is 6.39. The van der Waals surface area contributed by atoms with Gasteiger partial charge in [0.1, 0.15) is 39.0 Å². The number of para-hydroxylation sites is 2. The molecule has 6 heteroatoms. The van der Waals surface area contributed by atoms with Crippen LogP contribution in [-0.4, -0.2) is 4.98 Å². The molecular formula is C49H28N2O4. The molecule has 0 N–H and O–H groups in total. The molecule has 0 unspecified atom stereocenters. The Morgan fingerprint density at radius 3 is 1.65 bits per heavy atom. The minimum absolute atomic E-state index is 0.595. The summed E-state index contributed by atoms with van der Waals surface area (Å²) < 4.78 is 25.0. The predicted octanol–water partition coefficient (Wildman–Crippen LogP) is 14.3. The number of rotatable bonds is 5. The zero-order valence-electron chi connectivity index (χ0n) is 29.2. The number of anilines is 3. The van der Waals surface area contributed by atoms with E-state index in [2.05, 4.69) is 102 Å². The van der Waals surface area contributed by atoms with Crippen LogP contribution in [0.2, 0.25) is 0 Å². The standard InChI is InChI=1S/C49H28N2O4/c1-2-8-30(9-3-1)49-50-41-27-40-38-24-31(16-22-44(38)54-47(40)28-48(41)55-49)29-14-17-32(18-15-29)51(33-20-23-45-39(25-33)36-11-5-7-13-43(36)52-45)34-19-21-37-35-10-4-6-12-42(35)53-46(37)26-34/h1-28H. The molecule has 0 fully saturated rings. The Morgan fingerprint density at radius 1 is 0.309 bits per heavy atom. The van der Waals surface area contributed by atoms with Gasteiger partial charge >= 0.3 is 0 Å². The number of fused-ring (bicyclic) bond motifs is 10. The second-order valence-corrected chi connectivity index (χ2v) is 14.0. The molecule has 258 valence electrons. The molecule has 0 aliphatic carbocycles. The Morgan fingerprint density at radius 2 is 0.855 bits per heavy atom. The smallest absolute Gasteiger partial charge is 0.227 e. The molecule has 0 aliphatic heterocycles. The fraction of sp³-hybridized carbons (Fsp3) is 0. The second-order valence-electron chi connectivity index (χ2n) is 14.0. The molecule has 4 aromatic heterocycles. The van der Waals surface area contributed by atoms with Crippen LogP contribution in [0.15, 0.2) is 188 Å². The lowest BCUT2D eigenvalue weighted by atomic mass is 10.0. The summed E-state index contributed by atoms with van der Waals surface area (Å²) in [7, 11) is 0. The van der Waals surface area contributed by atoms with Gasteiger partial charge in [-0.1, -0.05) is 72.8 Å². The molecule has 0 saturated carbocycles. The molecule has 0 bridgehead atoms. The summed E-state index contributed by atoms with van der Waals surface area (Å²) >= 11 is 0. The maximum absolute atomic E-state index is 6.35. The van der Waals surface area contributed by atoms with Crippen molar-refractivity contribution in [3.05, 3.63) is 170 Å². The SMILES string of the molecule is c1ccc(-c2nc3cc4c(cc3o2)oc2ccc(-c3ccc(N(c5ccc6c(c5)oc5ccccc56)c5ccc6oc7ccccc7c6c5)cc3)cc24)cc1. The van der Waals surface area contributed by atoms with Crippen molar-refractivity contribution >= 4 is 94.0 Å². The van der Waals surface area contributed by atoms with Gasteiger partial charge in [0, 0.05) is 67.1 Å². The van der Waals surface area contributed by atoms with E-state index in [-0.39, 0.29) is 0 Å². The van der Waals surface area contributed by atoms with Crippen LogP contribution in [0.5, 0.6) is 0 Å². The summed E-state index contributed by atoms with van der Waals surface area (Å²) in [4.78, 5) is 7.08. The average molecular weight is 709 g/mol. The fourth-order valence-corrected chi connectivity index (χ4v) is 8.04. The van der Waals surface area contributed by atoms with E-state index in [1.807, 2.05) is 72.8 Å². The summed E-state index contributed by atoms with van der Waals surface area (Å²) in [5.74, 6) is 0.595. The van der Waals surface area contributed by atoms with Crippen LogP contribution in [0.4, 0.5) is 17.1 Å². The lowest BCUT2D eigenvalue weighted by Crippen LogP contribution is -2.09. The van der Waals surface area contributed by atoms with Crippen LogP contribution in [0.3, 0.4) is 0 Å². The maximum Gasteiger partial charge on any atom is 0.227 e. The van der Waals surface area contributed by atoms with E-state index in [1.165, 1.54) is 0 Å². The zero-order valence-corrected chi connectivity index (χ0v) is 29.2. The molecule has 12 rings (SSSR count). The van der Waals surface area contributed by atoms with Crippen molar-refractivity contribution in [2.45, 2.75) is 0 Å². The van der Waals surface area contributed by atoms with E-state index in [0.717, 1.165) is 105 Å². The summed E-state index contributed by atoms with van der Waals surface area (Å²) in [6.07, 6.45) is 0. The van der Waals surface area contributed by atoms with Crippen molar-refractivity contribution in [1.29, 1.82) is 0 Å². The first-order valence-electron chi connectivity index (χ1n) is 18.3. The highest BCUT2D eigenvalue weighted by atomic mass is 16.4. The molecule has 4 heterocycles. The van der Waals surface area contributed by atoms with Crippen LogP contribution in [0.25, 0.3) is 99.5 Å². The largest absolute Gasteiger partial charge is 0.456 e. The Kier molecular flexibility index (Phi) is 6.24. The van der Waals surface area contributed by atoms with Gasteiger partial charge in [0.15, 0.2) is 5.58 Å². The number of benzene rings is 8. The third-order valence-corrected chi connectivity index (χ3v) is 10.7. The van der Waals surface area contributed by atoms with E-state index < -0.39 is 0 Å². The Balaban J connectivity index is 0.962. The van der Waals surface area contributed by atoms with E-state index >= 15 is 0 Å². The summed E-state index contributed by atoms with van der Waals surface area (Å²) in [6, 6.07) is 58.3. The quantitative estimate of drug-likeness (QED) is 0.177. The maximum atomic E-state index is 6.35. The van der Waals surface area contributed by atoms with Crippen LogP contribution >= 0.6 is 0 Å². The molecule has 0 radical (unpaired) electrons. The molecule has 0 aliphatic rings. The molecule has 0 saturated heterocycles. The van der Waals surface area contributed by atoms with Crippen LogP contribution in [0.1, 0.15) is 0 Å². The minimum atomic E-state index is 0.595. The lowest BCUT2D eigenvalue weighted by Gasteiger charge is -2.25. The second kappa shape index (κ2) is 11.5. The molecule has 55 heavy (non-hydrogen) atoms. The van der Waals surface area contributed by atoms with Gasteiger partial charge in [0.2, 0.25) is 5.89 Å². The Hall–Kier alpha value is -7.57. The highest BCUT2D eigenvalue weighted by molar-refractivity contribution is 6.11. The lowest BCUT2D eigenvalue weighted by molar-refractivity contribution is 0.617. The van der Waals surface area contributed by atoms with Crippen molar-refractivity contribution < 1.29 is 17.7 Å². The Bertz CT molecular complexity index is 3440. The summed E-state index contributed by atoms with van der Waals surface area (Å²) in [6.45, 7) is 0. The molecule has 6 nitrogen and oxygen atoms in total. The van der Waals surface area contributed by atoms with Gasteiger partial charge in [-0.05, 0) is 96.1 Å². The first-order chi connectivity index (χ1) is 27.2. The average Bonchev–Trinajstić information content (AvgIpc) is 4.01. The third kappa shape index (κ3) is 4.71. The van der Waals surface area contributed by atoms with Crippen molar-refractivity contribution in [3.63, 3.8) is 0 Å². The predicted molar refractivity (Wildman–Crippen MR) is 221 cm³/mol. The normalized spacial score (nSPS) is 12.0. The topological polar surface area (TPSA) is 68.7 Å². The van der Waals surface area contributed by atoms with E-state index in [9.17, 15) is 0 Å². The van der Waals surface area contributed by atoms with Gasteiger partial charge in [-0.15, -0.1) is 0 Å². The first kappa shape index (κ1) is 29.9. The van der Waals surface area contributed by atoms with Crippen molar-refractivity contribution in [2.24, 2.45) is 0 Å². The van der Waals surface area contributed by atoms with Crippen LogP contribution in [-0.2, 0) is 0 Å². The molecule has 0 atom stereocenters. The molecule has 8 aromatic carbocycles. The molecule has 0 spiro atoms. The number of nitrogens with zero attached hydrogens (tertiary/aromatic N) is 2. The molecule has 0 amide bonds. The highest BCUT2D eigenvalue weighted by Crippen LogP contribution is 2.42. The first-order valence-corrected chi connectivity index (χ1v) is 18.3. The van der Waals surface area contributed by atoms with Gasteiger partial charge in [0.25, 0.3) is 0 Å². The number of hydrogen-bond donors (Lipinski definition) is 0. The summed E-state index contributed by atoms with van der Waals surface area (Å²) in [5.41, 5.74) is 12.7. The fourth-order valence-electron chi connectivity index (χ4n) is 8.04. The molecular weight excluding hydrogens is 681 g/mol. The monoisotopic (exact) mass is 708 g/mol. The third-order valence-electron chi connectivity index (χ3n) is 10.7. The van der Waals surface area contributed by atoms with Crippen LogP contribution in [0, 0.1) is 0 Å². The van der Waals surface area contributed by atoms with E-state index in [1.54, 1.807) is 0 Å². The van der Waals surface area contributed by atoms with E-state index in [0.29, 0.717) is 11.5 Å². The molecule has 12 aromatic rings. The van der Waals surface area contributed by atoms with Crippen molar-refractivity contribution in [2.75, 3.05) is 4.90 Å². The number of hydrogen-bond acceptors (Lipinski definition) is 6. The minimum Gasteiger partial charge on any atom is -0.456 e. The highest BCUT2D eigenvalue weighted by Gasteiger charge is 2.19. The Labute approximate surface area is 313 Å². The number of oxazole rings is 1. The van der Waals surface area contributed by atoms with Crippen molar-refractivity contribution in [1.82, 2.24) is 4.98 Å². The van der Waals surface area contributed by atoms with Crippen molar-refractivity contribution in [3.8, 4) is 22.6 Å². The van der Waals surface area contributed by atoms with Gasteiger partial charge < -0.3 is 22.6 Å². The van der Waals surface area contributed by atoms with Gasteiger partial charge in [-0.2, -0.15) is 0 Å². The number of furan rings is 3. The van der Waals surface area contributed by atoms with Gasteiger partial charge in [-0.25, -0.2) is 4.98 Å². The van der Waals surface area contributed by atoms with Crippen LogP contribution < -0.4 is 4.90 Å². The van der Waals surface area contributed by atoms with Gasteiger partial charge in [0.05, 0.1) is 0 Å². The van der Waals surface area contributed by atoms with Gasteiger partial charge in [-0.3, -0.25) is 0 Å².